The molecule has 0 saturated carbocycles. The number of amides is 3. The van der Waals surface area contributed by atoms with Crippen LogP contribution >= 0.6 is 0 Å². The van der Waals surface area contributed by atoms with Crippen LogP contribution in [-0.4, -0.2) is 64.0 Å². The lowest BCUT2D eigenvalue weighted by atomic mass is 9.95. The average molecular weight is 445 g/mol. The van der Waals surface area contributed by atoms with Crippen LogP contribution in [0.25, 0.3) is 0 Å². The van der Waals surface area contributed by atoms with Crippen molar-refractivity contribution in [1.29, 1.82) is 0 Å². The summed E-state index contributed by atoms with van der Waals surface area (Å²) in [5.74, 6) is -5.59. The van der Waals surface area contributed by atoms with Crippen LogP contribution in [0.4, 0.5) is 0 Å². The maximum Gasteiger partial charge on any atom is 0.326 e. The standard InChI is InChI=1S/C20H36N4O7/c1-7-11(6)16(19(29)23-15(10(4)5)20(30)31)24-18(28)14(9(2)3)22-17(27)12(21)8-13(25)26/h9-12,14-16H,7-8,21H2,1-6H3,(H,22,27)(H,23,29)(H,24,28)(H,25,26)(H,30,31)/t11-,12-,14-,15-,16-/m0/s1. The number of rotatable bonds is 13. The minimum absolute atomic E-state index is 0.316. The molecule has 0 radical (unpaired) electrons. The summed E-state index contributed by atoms with van der Waals surface area (Å²) in [6.07, 6.45) is -0.0675. The summed E-state index contributed by atoms with van der Waals surface area (Å²) in [5, 5.41) is 25.6. The second-order valence-corrected chi connectivity index (χ2v) is 8.37. The fourth-order valence-corrected chi connectivity index (χ4v) is 2.78. The van der Waals surface area contributed by atoms with Crippen molar-refractivity contribution in [2.75, 3.05) is 0 Å². The molecule has 0 aliphatic rings. The Morgan fingerprint density at radius 1 is 0.742 bits per heavy atom. The molecular formula is C20H36N4O7. The Labute approximate surface area is 182 Å². The third kappa shape index (κ3) is 9.33. The zero-order valence-corrected chi connectivity index (χ0v) is 19.0. The molecule has 11 heteroatoms. The van der Waals surface area contributed by atoms with E-state index in [-0.39, 0.29) is 17.8 Å². The maximum atomic E-state index is 12.9. The van der Waals surface area contributed by atoms with Gasteiger partial charge in [0.15, 0.2) is 0 Å². The van der Waals surface area contributed by atoms with Crippen molar-refractivity contribution in [3.8, 4) is 0 Å². The van der Waals surface area contributed by atoms with Crippen LogP contribution in [0.15, 0.2) is 0 Å². The van der Waals surface area contributed by atoms with Gasteiger partial charge in [0.05, 0.1) is 12.5 Å². The summed E-state index contributed by atoms with van der Waals surface area (Å²) in [5.41, 5.74) is 5.55. The fourth-order valence-electron chi connectivity index (χ4n) is 2.78. The zero-order valence-electron chi connectivity index (χ0n) is 19.0. The lowest BCUT2D eigenvalue weighted by Gasteiger charge is -2.29. The molecule has 5 atom stereocenters. The lowest BCUT2D eigenvalue weighted by Crippen LogP contribution is -2.60. The Morgan fingerprint density at radius 2 is 1.16 bits per heavy atom. The van der Waals surface area contributed by atoms with Crippen LogP contribution in [0.3, 0.4) is 0 Å². The molecule has 178 valence electrons. The van der Waals surface area contributed by atoms with Gasteiger partial charge in [0.1, 0.15) is 18.1 Å². The van der Waals surface area contributed by atoms with Gasteiger partial charge in [-0.25, -0.2) is 4.79 Å². The van der Waals surface area contributed by atoms with Gasteiger partial charge in [-0.3, -0.25) is 19.2 Å². The highest BCUT2D eigenvalue weighted by atomic mass is 16.4. The van der Waals surface area contributed by atoms with E-state index in [9.17, 15) is 29.1 Å². The highest BCUT2D eigenvalue weighted by Crippen LogP contribution is 2.12. The number of carboxylic acids is 2. The third-order valence-electron chi connectivity index (χ3n) is 5.00. The van der Waals surface area contributed by atoms with Crippen LogP contribution < -0.4 is 21.7 Å². The average Bonchev–Trinajstić information content (AvgIpc) is 2.65. The number of hydrogen-bond acceptors (Lipinski definition) is 6. The van der Waals surface area contributed by atoms with Crippen molar-refractivity contribution in [1.82, 2.24) is 16.0 Å². The lowest BCUT2D eigenvalue weighted by molar-refractivity contribution is -0.144. The van der Waals surface area contributed by atoms with Gasteiger partial charge in [-0.2, -0.15) is 0 Å². The van der Waals surface area contributed by atoms with E-state index in [1.54, 1.807) is 34.6 Å². The van der Waals surface area contributed by atoms with Gasteiger partial charge in [0, 0.05) is 0 Å². The number of nitrogens with two attached hydrogens (primary N) is 1. The molecule has 0 aliphatic carbocycles. The number of carbonyl (C=O) groups is 5. The Morgan fingerprint density at radius 3 is 1.55 bits per heavy atom. The number of hydrogen-bond donors (Lipinski definition) is 6. The van der Waals surface area contributed by atoms with E-state index in [1.807, 2.05) is 6.92 Å². The molecule has 0 rings (SSSR count). The SMILES string of the molecule is CC[C@H](C)[C@H](NC(=O)[C@@H](NC(=O)[C@@H](N)CC(=O)O)C(C)C)C(=O)N[C@H](C(=O)O)C(C)C. The molecule has 11 nitrogen and oxygen atoms in total. The Hall–Kier alpha value is -2.69. The zero-order chi connectivity index (χ0) is 24.5. The predicted molar refractivity (Wildman–Crippen MR) is 113 cm³/mol. The van der Waals surface area contributed by atoms with Crippen molar-refractivity contribution in [2.45, 2.75) is 78.6 Å². The van der Waals surface area contributed by atoms with Crippen molar-refractivity contribution >= 4 is 29.7 Å². The van der Waals surface area contributed by atoms with E-state index in [2.05, 4.69) is 16.0 Å². The van der Waals surface area contributed by atoms with Crippen molar-refractivity contribution in [3.05, 3.63) is 0 Å². The fraction of sp³-hybridized carbons (Fsp3) is 0.750. The summed E-state index contributed by atoms with van der Waals surface area (Å²) in [6.45, 7) is 10.2. The molecule has 0 bridgehead atoms. The molecule has 3 amide bonds. The summed E-state index contributed by atoms with van der Waals surface area (Å²) < 4.78 is 0. The molecule has 0 aliphatic heterocycles. The van der Waals surface area contributed by atoms with Gasteiger partial charge in [0.25, 0.3) is 0 Å². The summed E-state index contributed by atoms with van der Waals surface area (Å²) >= 11 is 0. The summed E-state index contributed by atoms with van der Waals surface area (Å²) in [7, 11) is 0. The van der Waals surface area contributed by atoms with Crippen LogP contribution in [-0.2, 0) is 24.0 Å². The molecule has 0 aromatic heterocycles. The van der Waals surface area contributed by atoms with Crippen LogP contribution in [0.2, 0.25) is 0 Å². The predicted octanol–water partition coefficient (Wildman–Crippen LogP) is -0.314. The molecule has 0 saturated heterocycles. The first kappa shape index (κ1) is 28.3. The molecule has 0 aromatic rings. The van der Waals surface area contributed by atoms with Gasteiger partial charge < -0.3 is 31.9 Å². The van der Waals surface area contributed by atoms with Crippen LogP contribution in [0.5, 0.6) is 0 Å². The van der Waals surface area contributed by atoms with E-state index < -0.39 is 60.2 Å². The smallest absolute Gasteiger partial charge is 0.326 e. The second-order valence-electron chi connectivity index (χ2n) is 8.37. The molecule has 0 aromatic carbocycles. The quantitative estimate of drug-likeness (QED) is 0.223. The number of nitrogens with one attached hydrogen (secondary N) is 3. The van der Waals surface area contributed by atoms with Gasteiger partial charge in [0.2, 0.25) is 17.7 Å². The van der Waals surface area contributed by atoms with E-state index >= 15 is 0 Å². The molecule has 0 spiro atoms. The number of carbonyl (C=O) groups excluding carboxylic acids is 3. The Kier molecular flexibility index (Phi) is 11.8. The first-order valence-electron chi connectivity index (χ1n) is 10.3. The summed E-state index contributed by atoms with van der Waals surface area (Å²) in [4.78, 5) is 60.0. The van der Waals surface area contributed by atoms with Crippen molar-refractivity contribution in [3.63, 3.8) is 0 Å². The second kappa shape index (κ2) is 12.9. The van der Waals surface area contributed by atoms with E-state index in [4.69, 9.17) is 10.8 Å². The summed E-state index contributed by atoms with van der Waals surface area (Å²) in [6, 6.07) is -4.54. The van der Waals surface area contributed by atoms with Crippen LogP contribution in [0, 0.1) is 17.8 Å². The molecular weight excluding hydrogens is 408 g/mol. The van der Waals surface area contributed by atoms with Gasteiger partial charge >= 0.3 is 11.9 Å². The number of aliphatic carboxylic acids is 2. The monoisotopic (exact) mass is 444 g/mol. The normalized spacial score (nSPS) is 16.0. The molecule has 0 unspecified atom stereocenters. The Balaban J connectivity index is 5.49. The molecule has 31 heavy (non-hydrogen) atoms. The molecule has 0 heterocycles. The molecule has 7 N–H and O–H groups in total. The van der Waals surface area contributed by atoms with Gasteiger partial charge in [-0.15, -0.1) is 0 Å². The molecule has 0 fully saturated rings. The van der Waals surface area contributed by atoms with Crippen molar-refractivity contribution in [2.24, 2.45) is 23.5 Å². The topological polar surface area (TPSA) is 188 Å². The first-order chi connectivity index (χ1) is 14.2. The third-order valence-corrected chi connectivity index (χ3v) is 5.00. The van der Waals surface area contributed by atoms with E-state index in [1.165, 1.54) is 0 Å². The minimum Gasteiger partial charge on any atom is -0.481 e. The maximum absolute atomic E-state index is 12.9. The number of carboxylic acid groups (broad SMARTS) is 2. The van der Waals surface area contributed by atoms with Gasteiger partial charge in [-0.1, -0.05) is 48.0 Å². The van der Waals surface area contributed by atoms with Crippen LogP contribution in [0.1, 0.15) is 54.4 Å². The highest BCUT2D eigenvalue weighted by molar-refractivity contribution is 5.95. The van der Waals surface area contributed by atoms with E-state index in [0.29, 0.717) is 6.42 Å². The van der Waals surface area contributed by atoms with E-state index in [0.717, 1.165) is 0 Å². The minimum atomic E-state index is -1.33. The van der Waals surface area contributed by atoms with Gasteiger partial charge in [-0.05, 0) is 17.8 Å². The first-order valence-corrected chi connectivity index (χ1v) is 10.3. The Bertz CT molecular complexity index is 666. The largest absolute Gasteiger partial charge is 0.481 e. The highest BCUT2D eigenvalue weighted by Gasteiger charge is 2.34. The van der Waals surface area contributed by atoms with Crippen molar-refractivity contribution < 1.29 is 34.2 Å².